The van der Waals surface area contributed by atoms with Crippen LogP contribution >= 0.6 is 0 Å². The molecular formula is C12H24N2O. The minimum absolute atomic E-state index is 0.135. The van der Waals surface area contributed by atoms with Gasteiger partial charge in [0.2, 0.25) is 5.91 Å². The molecule has 0 unspecified atom stereocenters. The van der Waals surface area contributed by atoms with Crippen molar-refractivity contribution in [1.82, 2.24) is 9.80 Å². The van der Waals surface area contributed by atoms with Crippen molar-refractivity contribution in [3.05, 3.63) is 0 Å². The first kappa shape index (κ1) is 12.5. The highest BCUT2D eigenvalue weighted by atomic mass is 16.2. The van der Waals surface area contributed by atoms with E-state index in [0.29, 0.717) is 11.9 Å². The van der Waals surface area contributed by atoms with Gasteiger partial charge in [0.05, 0.1) is 0 Å². The summed E-state index contributed by atoms with van der Waals surface area (Å²) in [7, 11) is 0. The van der Waals surface area contributed by atoms with E-state index < -0.39 is 0 Å². The van der Waals surface area contributed by atoms with Gasteiger partial charge in [-0.2, -0.15) is 0 Å². The summed E-state index contributed by atoms with van der Waals surface area (Å²) < 4.78 is 0. The standard InChI is InChI=1S/C12H24N2O/c1-10(2)12(15)14-7-5-6-13(8-9-14)11(3)4/h10-11H,5-9H2,1-4H3. The van der Waals surface area contributed by atoms with Crippen LogP contribution in [0.25, 0.3) is 0 Å². The van der Waals surface area contributed by atoms with Crippen LogP contribution in [0.4, 0.5) is 0 Å². The van der Waals surface area contributed by atoms with Crippen molar-refractivity contribution in [2.75, 3.05) is 26.2 Å². The van der Waals surface area contributed by atoms with Gasteiger partial charge in [-0.3, -0.25) is 9.69 Å². The maximum Gasteiger partial charge on any atom is 0.225 e. The van der Waals surface area contributed by atoms with Crippen LogP contribution in [0.15, 0.2) is 0 Å². The van der Waals surface area contributed by atoms with Gasteiger partial charge in [-0.25, -0.2) is 0 Å². The topological polar surface area (TPSA) is 23.6 Å². The van der Waals surface area contributed by atoms with E-state index in [1.807, 2.05) is 18.7 Å². The molecule has 0 aliphatic carbocycles. The average molecular weight is 212 g/mol. The molecule has 1 aliphatic rings. The van der Waals surface area contributed by atoms with Crippen LogP contribution in [-0.4, -0.2) is 47.9 Å². The maximum absolute atomic E-state index is 11.8. The minimum Gasteiger partial charge on any atom is -0.341 e. The van der Waals surface area contributed by atoms with Gasteiger partial charge in [0, 0.05) is 38.1 Å². The number of rotatable bonds is 2. The monoisotopic (exact) mass is 212 g/mol. The molecule has 15 heavy (non-hydrogen) atoms. The van der Waals surface area contributed by atoms with Crippen LogP contribution in [0.1, 0.15) is 34.1 Å². The van der Waals surface area contributed by atoms with Crippen LogP contribution < -0.4 is 0 Å². The predicted octanol–water partition coefficient (Wildman–Crippen LogP) is 1.59. The molecule has 1 heterocycles. The molecule has 1 fully saturated rings. The molecule has 0 atom stereocenters. The third-order valence-corrected chi connectivity index (χ3v) is 3.07. The average Bonchev–Trinajstić information content (AvgIpc) is 2.41. The van der Waals surface area contributed by atoms with Gasteiger partial charge in [0.15, 0.2) is 0 Å². The molecular weight excluding hydrogens is 188 g/mol. The second kappa shape index (κ2) is 5.50. The fraction of sp³-hybridized carbons (Fsp3) is 0.917. The van der Waals surface area contributed by atoms with E-state index in [9.17, 15) is 4.79 Å². The highest BCUT2D eigenvalue weighted by Gasteiger charge is 2.21. The largest absolute Gasteiger partial charge is 0.341 e. The third-order valence-electron chi connectivity index (χ3n) is 3.07. The van der Waals surface area contributed by atoms with Gasteiger partial charge in [0.25, 0.3) is 0 Å². The first-order chi connectivity index (χ1) is 7.02. The predicted molar refractivity (Wildman–Crippen MR) is 62.7 cm³/mol. The second-order valence-corrected chi connectivity index (χ2v) is 4.96. The van der Waals surface area contributed by atoms with Crippen molar-refractivity contribution in [2.45, 2.75) is 40.2 Å². The van der Waals surface area contributed by atoms with Gasteiger partial charge in [-0.05, 0) is 20.3 Å². The van der Waals surface area contributed by atoms with Crippen LogP contribution in [-0.2, 0) is 4.79 Å². The number of nitrogens with zero attached hydrogens (tertiary/aromatic N) is 2. The molecule has 1 aliphatic heterocycles. The molecule has 88 valence electrons. The molecule has 0 spiro atoms. The van der Waals surface area contributed by atoms with Crippen molar-refractivity contribution in [3.8, 4) is 0 Å². The third kappa shape index (κ3) is 3.49. The molecule has 0 saturated carbocycles. The smallest absolute Gasteiger partial charge is 0.225 e. The Hall–Kier alpha value is -0.570. The number of hydrogen-bond donors (Lipinski definition) is 0. The lowest BCUT2D eigenvalue weighted by Gasteiger charge is -2.25. The van der Waals surface area contributed by atoms with Crippen molar-refractivity contribution in [1.29, 1.82) is 0 Å². The first-order valence-electron chi connectivity index (χ1n) is 6.05. The minimum atomic E-state index is 0.135. The van der Waals surface area contributed by atoms with E-state index in [2.05, 4.69) is 18.7 Å². The number of hydrogen-bond acceptors (Lipinski definition) is 2. The Morgan fingerprint density at radius 1 is 1.00 bits per heavy atom. The molecule has 3 nitrogen and oxygen atoms in total. The van der Waals surface area contributed by atoms with Gasteiger partial charge < -0.3 is 4.90 Å². The number of carbonyl (C=O) groups is 1. The molecule has 0 radical (unpaired) electrons. The lowest BCUT2D eigenvalue weighted by molar-refractivity contribution is -0.134. The molecule has 0 aromatic carbocycles. The molecule has 3 heteroatoms. The van der Waals surface area contributed by atoms with Crippen LogP contribution in [0.2, 0.25) is 0 Å². The van der Waals surface area contributed by atoms with E-state index in [0.717, 1.165) is 32.6 Å². The molecule has 0 aromatic heterocycles. The molecule has 1 amide bonds. The fourth-order valence-corrected chi connectivity index (χ4v) is 2.04. The van der Waals surface area contributed by atoms with Crippen LogP contribution in [0, 0.1) is 5.92 Å². The summed E-state index contributed by atoms with van der Waals surface area (Å²) in [5.74, 6) is 0.441. The van der Waals surface area contributed by atoms with E-state index in [1.54, 1.807) is 0 Å². The summed E-state index contributed by atoms with van der Waals surface area (Å²) in [5.41, 5.74) is 0. The zero-order valence-electron chi connectivity index (χ0n) is 10.5. The van der Waals surface area contributed by atoms with Crippen molar-refractivity contribution in [3.63, 3.8) is 0 Å². The summed E-state index contributed by atoms with van der Waals surface area (Å²) in [5, 5.41) is 0. The Morgan fingerprint density at radius 3 is 2.20 bits per heavy atom. The van der Waals surface area contributed by atoms with Crippen molar-refractivity contribution >= 4 is 5.91 Å². The Kier molecular flexibility index (Phi) is 4.58. The number of amides is 1. The summed E-state index contributed by atoms with van der Waals surface area (Å²) in [6, 6.07) is 0.596. The molecule has 1 saturated heterocycles. The Morgan fingerprint density at radius 2 is 1.67 bits per heavy atom. The zero-order chi connectivity index (χ0) is 11.4. The normalized spacial score (nSPS) is 19.7. The van der Waals surface area contributed by atoms with Gasteiger partial charge in [0.1, 0.15) is 0 Å². The summed E-state index contributed by atoms with van der Waals surface area (Å²) in [4.78, 5) is 16.3. The zero-order valence-corrected chi connectivity index (χ0v) is 10.5. The van der Waals surface area contributed by atoms with Crippen LogP contribution in [0.5, 0.6) is 0 Å². The quantitative estimate of drug-likeness (QED) is 0.694. The highest BCUT2D eigenvalue weighted by molar-refractivity contribution is 5.78. The summed E-state index contributed by atoms with van der Waals surface area (Å²) in [6.07, 6.45) is 1.11. The lowest BCUT2D eigenvalue weighted by atomic mass is 10.2. The molecule has 0 N–H and O–H groups in total. The summed E-state index contributed by atoms with van der Waals surface area (Å²) in [6.45, 7) is 12.4. The SMILES string of the molecule is CC(C)C(=O)N1CCCN(C(C)C)CC1. The van der Waals surface area contributed by atoms with Crippen LogP contribution in [0.3, 0.4) is 0 Å². The Balaban J connectivity index is 2.49. The van der Waals surface area contributed by atoms with Gasteiger partial charge >= 0.3 is 0 Å². The van der Waals surface area contributed by atoms with Gasteiger partial charge in [-0.1, -0.05) is 13.8 Å². The van der Waals surface area contributed by atoms with Crippen molar-refractivity contribution < 1.29 is 4.79 Å². The molecule has 0 bridgehead atoms. The van der Waals surface area contributed by atoms with E-state index >= 15 is 0 Å². The van der Waals surface area contributed by atoms with E-state index in [-0.39, 0.29) is 5.92 Å². The fourth-order valence-electron chi connectivity index (χ4n) is 2.04. The molecule has 1 rings (SSSR count). The van der Waals surface area contributed by atoms with E-state index in [4.69, 9.17) is 0 Å². The lowest BCUT2D eigenvalue weighted by Crippen LogP contribution is -2.38. The first-order valence-corrected chi connectivity index (χ1v) is 6.05. The van der Waals surface area contributed by atoms with Crippen molar-refractivity contribution in [2.24, 2.45) is 5.92 Å². The maximum atomic E-state index is 11.8. The second-order valence-electron chi connectivity index (χ2n) is 4.96. The molecule has 0 aromatic rings. The highest BCUT2D eigenvalue weighted by Crippen LogP contribution is 2.09. The number of carbonyl (C=O) groups excluding carboxylic acids is 1. The van der Waals surface area contributed by atoms with Gasteiger partial charge in [-0.15, -0.1) is 0 Å². The summed E-state index contributed by atoms with van der Waals surface area (Å²) >= 11 is 0. The Bertz CT molecular complexity index is 214. The van der Waals surface area contributed by atoms with E-state index in [1.165, 1.54) is 0 Å². The Labute approximate surface area is 93.4 Å².